The predicted molar refractivity (Wildman–Crippen MR) is 77.0 cm³/mol. The van der Waals surface area contributed by atoms with Gasteiger partial charge >= 0.3 is 0 Å². The van der Waals surface area contributed by atoms with Gasteiger partial charge in [-0.1, -0.05) is 0 Å². The fourth-order valence-corrected chi connectivity index (χ4v) is 2.70. The molecule has 1 aliphatic rings. The Morgan fingerprint density at radius 2 is 1.39 bits per heavy atom. The molecule has 2 rings (SSSR count). The van der Waals surface area contributed by atoms with Gasteiger partial charge in [-0.3, -0.25) is 4.90 Å². The van der Waals surface area contributed by atoms with Crippen molar-refractivity contribution >= 4 is 12.4 Å². The lowest BCUT2D eigenvalue weighted by Crippen LogP contribution is -2.45. The molecule has 0 bridgehead atoms. The maximum Gasteiger partial charge on any atom is 0.200 e. The molecule has 1 heterocycles. The van der Waals surface area contributed by atoms with Crippen LogP contribution in [0.1, 0.15) is 24.4 Å². The average molecular weight is 361 g/mol. The lowest BCUT2D eigenvalue weighted by molar-refractivity contribution is 0.146. The van der Waals surface area contributed by atoms with Crippen molar-refractivity contribution in [3.8, 4) is 0 Å². The molecule has 1 aliphatic heterocycles. The number of halogens is 6. The molecule has 0 radical (unpaired) electrons. The van der Waals surface area contributed by atoms with Crippen molar-refractivity contribution in [2.24, 2.45) is 0 Å². The smallest absolute Gasteiger partial charge is 0.200 e. The molecule has 0 saturated carbocycles. The highest BCUT2D eigenvalue weighted by molar-refractivity contribution is 5.85. The number of nitrogens with one attached hydrogen (secondary N) is 1. The predicted octanol–water partition coefficient (Wildman–Crippen LogP) is 2.52. The topological polar surface area (TPSA) is 35.5 Å². The Morgan fingerprint density at radius 3 is 1.87 bits per heavy atom. The number of hydrogen-bond acceptors (Lipinski definition) is 3. The third-order valence-corrected chi connectivity index (χ3v) is 3.81. The number of hydrogen-bond donors (Lipinski definition) is 2. The Bertz CT molecular complexity index is 511. The quantitative estimate of drug-likeness (QED) is 0.481. The van der Waals surface area contributed by atoms with Gasteiger partial charge in [0.25, 0.3) is 0 Å². The Balaban J connectivity index is 0.00000264. The summed E-state index contributed by atoms with van der Waals surface area (Å²) in [6, 6.07) is -0.959. The molecule has 0 unspecified atom stereocenters. The largest absolute Gasteiger partial charge is 0.396 e. The molecule has 1 aromatic rings. The number of benzene rings is 1. The van der Waals surface area contributed by atoms with Crippen molar-refractivity contribution < 1.29 is 27.1 Å². The van der Waals surface area contributed by atoms with E-state index in [1.54, 1.807) is 4.90 Å². The number of nitrogens with zero attached hydrogens (tertiary/aromatic N) is 1. The van der Waals surface area contributed by atoms with Crippen LogP contribution >= 0.6 is 12.4 Å². The molecule has 0 aliphatic carbocycles. The second-order valence-corrected chi connectivity index (χ2v) is 5.15. The minimum absolute atomic E-state index is 0. The van der Waals surface area contributed by atoms with Crippen LogP contribution in [0, 0.1) is 29.1 Å². The summed E-state index contributed by atoms with van der Waals surface area (Å²) in [4.78, 5) is 1.67. The van der Waals surface area contributed by atoms with Crippen LogP contribution in [0.5, 0.6) is 0 Å². The first-order chi connectivity index (χ1) is 10.5. The van der Waals surface area contributed by atoms with Crippen molar-refractivity contribution in [1.82, 2.24) is 10.2 Å². The SMILES string of the molecule is Cl.OCCC[C@@H](c1c(F)c(F)c(F)c(F)c1F)N1CCNCC1. The zero-order chi connectivity index (χ0) is 16.3. The molecule has 132 valence electrons. The van der Waals surface area contributed by atoms with Crippen molar-refractivity contribution in [3.63, 3.8) is 0 Å². The molecule has 23 heavy (non-hydrogen) atoms. The maximum absolute atomic E-state index is 14.0. The molecule has 1 fully saturated rings. The van der Waals surface area contributed by atoms with Gasteiger partial charge < -0.3 is 10.4 Å². The fourth-order valence-electron chi connectivity index (χ4n) is 2.70. The molecule has 1 saturated heterocycles. The molecule has 2 N–H and O–H groups in total. The Morgan fingerprint density at radius 1 is 0.913 bits per heavy atom. The second-order valence-electron chi connectivity index (χ2n) is 5.15. The van der Waals surface area contributed by atoms with Crippen LogP contribution in [0.2, 0.25) is 0 Å². The lowest BCUT2D eigenvalue weighted by atomic mass is 9.97. The Kier molecular flexibility index (Phi) is 7.66. The molecule has 3 nitrogen and oxygen atoms in total. The zero-order valence-electron chi connectivity index (χ0n) is 12.2. The summed E-state index contributed by atoms with van der Waals surface area (Å²) in [7, 11) is 0. The molecule has 0 aromatic heterocycles. The lowest BCUT2D eigenvalue weighted by Gasteiger charge is -2.35. The number of rotatable bonds is 5. The van der Waals surface area contributed by atoms with Gasteiger partial charge in [0.15, 0.2) is 23.3 Å². The Hall–Kier alpha value is -0.960. The average Bonchev–Trinajstić information content (AvgIpc) is 2.55. The standard InChI is InChI=1S/C14H17F5N2O.ClH/c15-10-9(11(16)13(18)14(19)12(10)17)8(2-1-7-22)21-5-3-20-4-6-21;/h8,20,22H,1-7H2;1H/t8-;/m0./s1. The van der Waals surface area contributed by atoms with E-state index in [2.05, 4.69) is 5.32 Å². The normalized spacial score (nSPS) is 17.0. The van der Waals surface area contributed by atoms with Crippen LogP contribution in [0.15, 0.2) is 0 Å². The summed E-state index contributed by atoms with van der Waals surface area (Å²) in [6.45, 7) is 1.75. The van der Waals surface area contributed by atoms with Gasteiger partial charge in [0, 0.05) is 44.4 Å². The van der Waals surface area contributed by atoms with E-state index >= 15 is 0 Å². The monoisotopic (exact) mass is 360 g/mol. The van der Waals surface area contributed by atoms with Crippen LogP contribution in [0.3, 0.4) is 0 Å². The van der Waals surface area contributed by atoms with E-state index in [0.29, 0.717) is 26.2 Å². The van der Waals surface area contributed by atoms with Crippen molar-refractivity contribution in [2.45, 2.75) is 18.9 Å². The highest BCUT2D eigenvalue weighted by Gasteiger charge is 2.33. The first-order valence-corrected chi connectivity index (χ1v) is 7.06. The van der Waals surface area contributed by atoms with Gasteiger partial charge in [-0.15, -0.1) is 12.4 Å². The summed E-state index contributed by atoms with van der Waals surface area (Å²) < 4.78 is 68.0. The molecule has 1 aromatic carbocycles. The molecule has 0 spiro atoms. The summed E-state index contributed by atoms with van der Waals surface area (Å²) in [5.41, 5.74) is -0.813. The van der Waals surface area contributed by atoms with E-state index in [1.165, 1.54) is 0 Å². The minimum Gasteiger partial charge on any atom is -0.396 e. The van der Waals surface area contributed by atoms with Crippen LogP contribution in [0.25, 0.3) is 0 Å². The van der Waals surface area contributed by atoms with E-state index in [4.69, 9.17) is 5.11 Å². The summed E-state index contributed by atoms with van der Waals surface area (Å²) >= 11 is 0. The molecular weight excluding hydrogens is 343 g/mol. The van der Waals surface area contributed by atoms with Gasteiger partial charge in [-0.25, -0.2) is 22.0 Å². The molecule has 9 heteroatoms. The second kappa shape index (κ2) is 8.77. The first-order valence-electron chi connectivity index (χ1n) is 7.06. The van der Waals surface area contributed by atoms with Crippen molar-refractivity contribution in [2.75, 3.05) is 32.8 Å². The van der Waals surface area contributed by atoms with Gasteiger partial charge in [0.05, 0.1) is 0 Å². The first kappa shape index (κ1) is 20.1. The Labute approximate surface area is 136 Å². The van der Waals surface area contributed by atoms with E-state index in [1.807, 2.05) is 0 Å². The van der Waals surface area contributed by atoms with Gasteiger partial charge in [-0.05, 0) is 12.8 Å². The van der Waals surface area contributed by atoms with E-state index in [-0.39, 0.29) is 31.9 Å². The number of piperazine rings is 1. The van der Waals surface area contributed by atoms with Crippen molar-refractivity contribution in [3.05, 3.63) is 34.6 Å². The summed E-state index contributed by atoms with van der Waals surface area (Å²) in [5.74, 6) is -9.60. The minimum atomic E-state index is -2.15. The third-order valence-electron chi connectivity index (χ3n) is 3.81. The highest BCUT2D eigenvalue weighted by Crippen LogP contribution is 2.33. The van der Waals surface area contributed by atoms with Gasteiger partial charge in [0.1, 0.15) is 0 Å². The van der Waals surface area contributed by atoms with Crippen LogP contribution < -0.4 is 5.32 Å². The molecule has 0 amide bonds. The summed E-state index contributed by atoms with van der Waals surface area (Å²) in [6.07, 6.45) is 0.308. The molecular formula is C14H18ClF5N2O. The zero-order valence-corrected chi connectivity index (χ0v) is 13.0. The number of aliphatic hydroxyl groups is 1. The van der Waals surface area contributed by atoms with E-state index < -0.39 is 40.7 Å². The van der Waals surface area contributed by atoms with E-state index in [0.717, 1.165) is 0 Å². The third kappa shape index (κ3) is 4.12. The fraction of sp³-hybridized carbons (Fsp3) is 0.571. The van der Waals surface area contributed by atoms with E-state index in [9.17, 15) is 22.0 Å². The molecule has 1 atom stereocenters. The van der Waals surface area contributed by atoms with Gasteiger partial charge in [0.2, 0.25) is 5.82 Å². The van der Waals surface area contributed by atoms with Crippen molar-refractivity contribution in [1.29, 1.82) is 0 Å². The van der Waals surface area contributed by atoms with Crippen LogP contribution in [-0.4, -0.2) is 42.8 Å². The number of aliphatic hydroxyl groups excluding tert-OH is 1. The summed E-state index contributed by atoms with van der Waals surface area (Å²) in [5, 5.41) is 12.0. The van der Waals surface area contributed by atoms with Gasteiger partial charge in [-0.2, -0.15) is 0 Å². The van der Waals surface area contributed by atoms with Crippen LogP contribution in [-0.2, 0) is 0 Å². The maximum atomic E-state index is 14.0. The van der Waals surface area contributed by atoms with Crippen LogP contribution in [0.4, 0.5) is 22.0 Å². The highest BCUT2D eigenvalue weighted by atomic mass is 35.5.